The molecule has 1 heterocycles. The highest BCUT2D eigenvalue weighted by Gasteiger charge is 2.28. The van der Waals surface area contributed by atoms with Crippen molar-refractivity contribution >= 4 is 33.3 Å². The number of amides is 1. The van der Waals surface area contributed by atoms with Crippen molar-refractivity contribution in [1.29, 1.82) is 0 Å². The number of rotatable bonds is 7. The molecule has 1 amide bonds. The van der Waals surface area contributed by atoms with Gasteiger partial charge in [0.05, 0.1) is 24.2 Å². The van der Waals surface area contributed by atoms with Crippen LogP contribution in [0.15, 0.2) is 35.2 Å². The first-order valence-electron chi connectivity index (χ1n) is 10.4. The molecule has 1 aliphatic rings. The normalized spacial score (nSPS) is 15.1. The largest absolute Gasteiger partial charge is 0.496 e. The molecule has 33 heavy (non-hydrogen) atoms. The van der Waals surface area contributed by atoms with Crippen LogP contribution in [-0.4, -0.2) is 46.7 Å². The van der Waals surface area contributed by atoms with E-state index >= 15 is 0 Å². The Balaban J connectivity index is 1.89. The van der Waals surface area contributed by atoms with Crippen LogP contribution in [0.4, 0.5) is 4.39 Å². The maximum atomic E-state index is 13.7. The van der Waals surface area contributed by atoms with Gasteiger partial charge >= 0.3 is 0 Å². The molecule has 3 N–H and O–H groups in total. The topological polar surface area (TPSA) is 106 Å². The number of methoxy groups -OCH3 is 1. The summed E-state index contributed by atoms with van der Waals surface area (Å²) >= 11 is 4.96. The molecule has 0 aliphatic carbocycles. The van der Waals surface area contributed by atoms with Gasteiger partial charge < -0.3 is 20.1 Å². The molecular weight excluding hydrogens is 469 g/mol. The van der Waals surface area contributed by atoms with Crippen molar-refractivity contribution in [2.24, 2.45) is 0 Å². The van der Waals surface area contributed by atoms with E-state index in [9.17, 15) is 17.6 Å². The van der Waals surface area contributed by atoms with Crippen LogP contribution in [-0.2, 0) is 16.4 Å². The summed E-state index contributed by atoms with van der Waals surface area (Å²) in [7, 11) is -0.985. The molecule has 0 aromatic heterocycles. The molecule has 0 spiro atoms. The fraction of sp³-hybridized carbons (Fsp3) is 0.364. The van der Waals surface area contributed by atoms with Crippen molar-refractivity contribution in [3.05, 3.63) is 52.8 Å². The van der Waals surface area contributed by atoms with Gasteiger partial charge in [-0.15, -0.1) is 0 Å². The Morgan fingerprint density at radius 3 is 2.73 bits per heavy atom. The third kappa shape index (κ3) is 5.53. The number of hydrogen-bond donors (Lipinski definition) is 3. The molecule has 1 unspecified atom stereocenters. The third-order valence-electron chi connectivity index (χ3n) is 5.40. The highest BCUT2D eigenvalue weighted by molar-refractivity contribution is 7.91. The second kappa shape index (κ2) is 10.3. The van der Waals surface area contributed by atoms with E-state index in [1.807, 2.05) is 6.92 Å². The van der Waals surface area contributed by atoms with Gasteiger partial charge in [-0.1, -0.05) is 6.92 Å². The van der Waals surface area contributed by atoms with Crippen LogP contribution in [0.25, 0.3) is 0 Å². The van der Waals surface area contributed by atoms with Gasteiger partial charge in [-0.2, -0.15) is 0 Å². The van der Waals surface area contributed by atoms with Crippen LogP contribution in [0.1, 0.15) is 40.7 Å². The number of fused-ring (bicyclic) bond motifs is 1. The molecule has 2 aromatic rings. The van der Waals surface area contributed by atoms with E-state index in [0.29, 0.717) is 36.3 Å². The van der Waals surface area contributed by atoms with Gasteiger partial charge in [-0.25, -0.2) is 12.8 Å². The van der Waals surface area contributed by atoms with Crippen molar-refractivity contribution in [2.75, 3.05) is 27.3 Å². The van der Waals surface area contributed by atoms with Crippen LogP contribution in [0, 0.1) is 5.82 Å². The predicted molar refractivity (Wildman–Crippen MR) is 126 cm³/mol. The predicted octanol–water partition coefficient (Wildman–Crippen LogP) is 2.48. The monoisotopic (exact) mass is 495 g/mol. The van der Waals surface area contributed by atoms with Crippen molar-refractivity contribution in [2.45, 2.75) is 30.6 Å². The van der Waals surface area contributed by atoms with Crippen LogP contribution in [0.3, 0.4) is 0 Å². The number of aryl methyl sites for hydroxylation is 1. The van der Waals surface area contributed by atoms with E-state index in [2.05, 4.69) is 15.4 Å². The molecule has 8 nitrogen and oxygen atoms in total. The number of benzene rings is 2. The molecule has 3 rings (SSSR count). The number of sulfonamides is 1. The van der Waals surface area contributed by atoms with Crippen molar-refractivity contribution in [3.63, 3.8) is 0 Å². The Morgan fingerprint density at radius 2 is 2.06 bits per heavy atom. The molecule has 0 fully saturated rings. The zero-order chi connectivity index (χ0) is 24.2. The number of hydrogen-bond acceptors (Lipinski definition) is 6. The first-order valence-corrected chi connectivity index (χ1v) is 12.2. The SMILES string of the molecule is CCc1cc2c(cc1S(=O)(=O)NC(=S)NC)C(CNC(=O)c1cc(F)ccc1OC)CCO2. The number of halogens is 1. The maximum absolute atomic E-state index is 13.7. The Kier molecular flexibility index (Phi) is 7.75. The van der Waals surface area contributed by atoms with E-state index in [1.165, 1.54) is 26.3 Å². The summed E-state index contributed by atoms with van der Waals surface area (Å²) in [6.45, 7) is 2.49. The Bertz CT molecular complexity index is 1170. The summed E-state index contributed by atoms with van der Waals surface area (Å²) in [6, 6.07) is 7.01. The molecule has 0 bridgehead atoms. The highest BCUT2D eigenvalue weighted by Crippen LogP contribution is 2.37. The van der Waals surface area contributed by atoms with E-state index in [1.54, 1.807) is 12.1 Å². The van der Waals surface area contributed by atoms with Crippen molar-refractivity contribution in [1.82, 2.24) is 15.4 Å². The lowest BCUT2D eigenvalue weighted by Gasteiger charge is -2.28. The van der Waals surface area contributed by atoms with Gasteiger partial charge in [0.25, 0.3) is 15.9 Å². The average Bonchev–Trinajstić information content (AvgIpc) is 2.81. The van der Waals surface area contributed by atoms with E-state index < -0.39 is 21.7 Å². The Morgan fingerprint density at radius 1 is 1.30 bits per heavy atom. The minimum atomic E-state index is -3.91. The summed E-state index contributed by atoms with van der Waals surface area (Å²) < 4.78 is 52.8. The zero-order valence-electron chi connectivity index (χ0n) is 18.5. The Hall–Kier alpha value is -2.92. The smallest absolute Gasteiger partial charge is 0.263 e. The number of thiocarbonyl (C=S) groups is 1. The molecule has 1 atom stereocenters. The molecule has 1 aliphatic heterocycles. The minimum Gasteiger partial charge on any atom is -0.496 e. The van der Waals surface area contributed by atoms with Gasteiger partial charge in [0.1, 0.15) is 17.3 Å². The quantitative estimate of drug-likeness (QED) is 0.507. The van der Waals surface area contributed by atoms with Gasteiger partial charge in [0, 0.05) is 25.1 Å². The van der Waals surface area contributed by atoms with Gasteiger partial charge in [-0.05, 0) is 61.0 Å². The highest BCUT2D eigenvalue weighted by atomic mass is 32.2. The number of ether oxygens (including phenoxy) is 2. The van der Waals surface area contributed by atoms with Crippen LogP contribution >= 0.6 is 12.2 Å². The molecule has 0 saturated carbocycles. The van der Waals surface area contributed by atoms with Gasteiger partial charge in [0.2, 0.25) is 0 Å². The van der Waals surface area contributed by atoms with Crippen LogP contribution in [0.2, 0.25) is 0 Å². The van der Waals surface area contributed by atoms with Crippen molar-refractivity contribution < 1.29 is 27.1 Å². The number of carbonyl (C=O) groups excluding carboxylic acids is 1. The fourth-order valence-corrected chi connectivity index (χ4v) is 5.28. The van der Waals surface area contributed by atoms with Gasteiger partial charge in [-0.3, -0.25) is 9.52 Å². The minimum absolute atomic E-state index is 0.0149. The summed E-state index contributed by atoms with van der Waals surface area (Å²) in [5.41, 5.74) is 1.34. The first-order chi connectivity index (χ1) is 15.7. The summed E-state index contributed by atoms with van der Waals surface area (Å²) in [6.07, 6.45) is 1.04. The molecular formula is C22H26FN3O5S2. The van der Waals surface area contributed by atoms with Crippen molar-refractivity contribution in [3.8, 4) is 11.5 Å². The fourth-order valence-electron chi connectivity index (χ4n) is 3.66. The average molecular weight is 496 g/mol. The van der Waals surface area contributed by atoms with Gasteiger partial charge in [0.15, 0.2) is 5.11 Å². The second-order valence-electron chi connectivity index (χ2n) is 7.42. The van der Waals surface area contributed by atoms with Crippen LogP contribution < -0.4 is 24.8 Å². The molecule has 0 radical (unpaired) electrons. The summed E-state index contributed by atoms with van der Waals surface area (Å²) in [5, 5.41) is 5.38. The summed E-state index contributed by atoms with van der Waals surface area (Å²) in [5.74, 6) is -0.400. The Labute approximate surface area is 197 Å². The lowest BCUT2D eigenvalue weighted by atomic mass is 9.91. The zero-order valence-corrected chi connectivity index (χ0v) is 20.2. The van der Waals surface area contributed by atoms with E-state index in [4.69, 9.17) is 21.7 Å². The third-order valence-corrected chi connectivity index (χ3v) is 7.26. The summed E-state index contributed by atoms with van der Waals surface area (Å²) in [4.78, 5) is 12.8. The number of carbonyl (C=O) groups is 1. The van der Waals surface area contributed by atoms with Crippen LogP contribution in [0.5, 0.6) is 11.5 Å². The lowest BCUT2D eigenvalue weighted by Crippen LogP contribution is -2.37. The lowest BCUT2D eigenvalue weighted by molar-refractivity contribution is 0.0944. The molecule has 11 heteroatoms. The molecule has 0 saturated heterocycles. The maximum Gasteiger partial charge on any atom is 0.263 e. The number of nitrogens with one attached hydrogen (secondary N) is 3. The van der Waals surface area contributed by atoms with E-state index in [-0.39, 0.29) is 33.8 Å². The van der Waals surface area contributed by atoms with E-state index in [0.717, 1.165) is 6.07 Å². The standard InChI is InChI=1S/C22H26FN3O5S2/c1-4-13-9-19-16(11-20(13)33(28,29)26-22(32)24-2)14(7-8-31-19)12-25-21(27)17-10-15(23)5-6-18(17)30-3/h5-6,9-11,14H,4,7-8,12H2,1-3H3,(H,25,27)(H2,24,26,32). The second-order valence-corrected chi connectivity index (χ2v) is 9.48. The molecule has 2 aromatic carbocycles. The first kappa shape index (κ1) is 24.7. The molecule has 178 valence electrons.